The minimum atomic E-state index is -0.411. The van der Waals surface area contributed by atoms with E-state index in [0.29, 0.717) is 12.6 Å². The van der Waals surface area contributed by atoms with Crippen molar-refractivity contribution in [1.29, 1.82) is 0 Å². The third kappa shape index (κ3) is 5.98. The maximum Gasteiger partial charge on any atom is 0.0914 e. The van der Waals surface area contributed by atoms with Crippen molar-refractivity contribution in [2.75, 3.05) is 18.4 Å². The van der Waals surface area contributed by atoms with Gasteiger partial charge in [0.2, 0.25) is 0 Å². The first-order valence-corrected chi connectivity index (χ1v) is 9.05. The summed E-state index contributed by atoms with van der Waals surface area (Å²) >= 11 is 0. The topological polar surface area (TPSA) is 44.3 Å². The van der Waals surface area contributed by atoms with Crippen LogP contribution in [-0.4, -0.2) is 24.2 Å². The van der Waals surface area contributed by atoms with Crippen LogP contribution in [0.25, 0.3) is 0 Å². The zero-order valence-corrected chi connectivity index (χ0v) is 14.0. The van der Waals surface area contributed by atoms with E-state index in [1.165, 1.54) is 44.9 Å². The van der Waals surface area contributed by atoms with Crippen molar-refractivity contribution in [3.8, 4) is 0 Å². The highest BCUT2D eigenvalue weighted by molar-refractivity contribution is 5.44. The predicted molar refractivity (Wildman–Crippen MR) is 94.3 cm³/mol. The molecule has 1 unspecified atom stereocenters. The van der Waals surface area contributed by atoms with Gasteiger partial charge >= 0.3 is 0 Å². The molecular formula is C19H32N2O. The number of nitrogens with one attached hydrogen (secondary N) is 2. The highest BCUT2D eigenvalue weighted by Gasteiger charge is 2.13. The summed E-state index contributed by atoms with van der Waals surface area (Å²) in [5.74, 6) is 0. The molecule has 22 heavy (non-hydrogen) atoms. The smallest absolute Gasteiger partial charge is 0.0914 e. The number of aliphatic hydroxyl groups excluding tert-OH is 1. The van der Waals surface area contributed by atoms with Gasteiger partial charge in [-0.1, -0.05) is 51.2 Å². The van der Waals surface area contributed by atoms with E-state index in [1.807, 2.05) is 12.1 Å². The molecule has 3 heteroatoms. The molecule has 0 bridgehead atoms. The van der Waals surface area contributed by atoms with Crippen LogP contribution in [0.3, 0.4) is 0 Å². The Labute approximate surface area is 135 Å². The van der Waals surface area contributed by atoms with Crippen LogP contribution in [0.1, 0.15) is 70.0 Å². The first kappa shape index (κ1) is 17.3. The van der Waals surface area contributed by atoms with E-state index >= 15 is 0 Å². The molecule has 1 aliphatic rings. The van der Waals surface area contributed by atoms with Gasteiger partial charge in [0, 0.05) is 24.8 Å². The Balaban J connectivity index is 1.76. The van der Waals surface area contributed by atoms with Crippen LogP contribution in [0.4, 0.5) is 5.69 Å². The SMILES string of the molecule is CCCNc1ccc(C(O)CNC2CCCCCCC2)cc1. The zero-order valence-electron chi connectivity index (χ0n) is 14.0. The molecular weight excluding hydrogens is 272 g/mol. The highest BCUT2D eigenvalue weighted by atomic mass is 16.3. The number of hydrogen-bond donors (Lipinski definition) is 3. The van der Waals surface area contributed by atoms with Gasteiger partial charge in [0.15, 0.2) is 0 Å². The Morgan fingerprint density at radius 1 is 1.05 bits per heavy atom. The molecule has 0 saturated heterocycles. The van der Waals surface area contributed by atoms with Gasteiger partial charge < -0.3 is 15.7 Å². The van der Waals surface area contributed by atoms with E-state index in [4.69, 9.17) is 0 Å². The first-order chi connectivity index (χ1) is 10.8. The van der Waals surface area contributed by atoms with Crippen LogP contribution in [-0.2, 0) is 0 Å². The van der Waals surface area contributed by atoms with E-state index in [0.717, 1.165) is 24.2 Å². The molecule has 2 rings (SSSR count). The fourth-order valence-corrected chi connectivity index (χ4v) is 3.15. The van der Waals surface area contributed by atoms with Gasteiger partial charge in [0.05, 0.1) is 6.10 Å². The van der Waals surface area contributed by atoms with Crippen LogP contribution in [0.15, 0.2) is 24.3 Å². The minimum Gasteiger partial charge on any atom is -0.387 e. The second-order valence-corrected chi connectivity index (χ2v) is 6.51. The summed E-state index contributed by atoms with van der Waals surface area (Å²) in [6.45, 7) is 3.81. The van der Waals surface area contributed by atoms with Crippen molar-refractivity contribution in [2.24, 2.45) is 0 Å². The van der Waals surface area contributed by atoms with E-state index in [9.17, 15) is 5.11 Å². The normalized spacial score (nSPS) is 18.5. The van der Waals surface area contributed by atoms with Crippen molar-refractivity contribution in [1.82, 2.24) is 5.32 Å². The first-order valence-electron chi connectivity index (χ1n) is 9.05. The lowest BCUT2D eigenvalue weighted by atomic mass is 9.96. The number of anilines is 1. The molecule has 1 aromatic carbocycles. The Morgan fingerprint density at radius 2 is 1.68 bits per heavy atom. The standard InChI is InChI=1S/C19H32N2O/c1-2-14-20-18-12-10-16(11-13-18)19(22)15-21-17-8-6-4-3-5-7-9-17/h10-13,17,19-22H,2-9,14-15H2,1H3. The molecule has 124 valence electrons. The van der Waals surface area contributed by atoms with Crippen LogP contribution in [0.5, 0.6) is 0 Å². The van der Waals surface area contributed by atoms with Crippen molar-refractivity contribution >= 4 is 5.69 Å². The van der Waals surface area contributed by atoms with Crippen molar-refractivity contribution < 1.29 is 5.11 Å². The molecule has 0 amide bonds. The summed E-state index contributed by atoms with van der Waals surface area (Å²) in [4.78, 5) is 0. The second kappa shape index (κ2) is 9.86. The number of rotatable bonds is 7. The van der Waals surface area contributed by atoms with Gasteiger partial charge in [-0.3, -0.25) is 0 Å². The summed E-state index contributed by atoms with van der Waals surface area (Å²) in [6.07, 6.45) is 10.0. The lowest BCUT2D eigenvalue weighted by molar-refractivity contribution is 0.167. The van der Waals surface area contributed by atoms with E-state index in [2.05, 4.69) is 29.7 Å². The van der Waals surface area contributed by atoms with Crippen LogP contribution >= 0.6 is 0 Å². The molecule has 0 aromatic heterocycles. The van der Waals surface area contributed by atoms with E-state index < -0.39 is 6.10 Å². The second-order valence-electron chi connectivity index (χ2n) is 6.51. The summed E-state index contributed by atoms with van der Waals surface area (Å²) in [7, 11) is 0. The summed E-state index contributed by atoms with van der Waals surface area (Å²) in [5, 5.41) is 17.3. The van der Waals surface area contributed by atoms with Crippen LogP contribution in [0, 0.1) is 0 Å². The van der Waals surface area contributed by atoms with Crippen molar-refractivity contribution in [2.45, 2.75) is 70.4 Å². The molecule has 0 radical (unpaired) electrons. The van der Waals surface area contributed by atoms with Crippen molar-refractivity contribution in [3.05, 3.63) is 29.8 Å². The minimum absolute atomic E-state index is 0.411. The Kier molecular flexibility index (Phi) is 7.75. The van der Waals surface area contributed by atoms with Gasteiger partial charge in [0.25, 0.3) is 0 Å². The van der Waals surface area contributed by atoms with Gasteiger partial charge in [0.1, 0.15) is 0 Å². The van der Waals surface area contributed by atoms with Gasteiger partial charge in [-0.05, 0) is 37.0 Å². The fraction of sp³-hybridized carbons (Fsp3) is 0.684. The molecule has 0 heterocycles. The zero-order chi connectivity index (χ0) is 15.6. The lowest BCUT2D eigenvalue weighted by Gasteiger charge is -2.23. The number of benzene rings is 1. The number of hydrogen-bond acceptors (Lipinski definition) is 3. The van der Waals surface area contributed by atoms with Gasteiger partial charge in [-0.15, -0.1) is 0 Å². The molecule has 1 aliphatic carbocycles. The molecule has 1 atom stereocenters. The van der Waals surface area contributed by atoms with Gasteiger partial charge in [-0.2, -0.15) is 0 Å². The van der Waals surface area contributed by atoms with E-state index in [1.54, 1.807) is 0 Å². The lowest BCUT2D eigenvalue weighted by Crippen LogP contribution is -2.33. The Bertz CT molecular complexity index is 396. The average molecular weight is 304 g/mol. The highest BCUT2D eigenvalue weighted by Crippen LogP contribution is 2.19. The summed E-state index contributed by atoms with van der Waals surface area (Å²) < 4.78 is 0. The summed E-state index contributed by atoms with van der Waals surface area (Å²) in [5.41, 5.74) is 2.13. The average Bonchev–Trinajstić information content (AvgIpc) is 2.52. The summed E-state index contributed by atoms with van der Waals surface area (Å²) in [6, 6.07) is 8.76. The van der Waals surface area contributed by atoms with Crippen LogP contribution < -0.4 is 10.6 Å². The molecule has 1 saturated carbocycles. The molecule has 1 aromatic rings. The largest absolute Gasteiger partial charge is 0.387 e. The monoisotopic (exact) mass is 304 g/mol. The molecule has 3 nitrogen and oxygen atoms in total. The number of aliphatic hydroxyl groups is 1. The maximum atomic E-state index is 10.4. The third-order valence-electron chi connectivity index (χ3n) is 4.58. The van der Waals surface area contributed by atoms with Crippen LogP contribution in [0.2, 0.25) is 0 Å². The molecule has 1 fully saturated rings. The predicted octanol–water partition coefficient (Wildman–Crippen LogP) is 4.24. The van der Waals surface area contributed by atoms with Crippen molar-refractivity contribution in [3.63, 3.8) is 0 Å². The quantitative estimate of drug-likeness (QED) is 0.706. The third-order valence-corrected chi connectivity index (χ3v) is 4.58. The Hall–Kier alpha value is -1.06. The Morgan fingerprint density at radius 3 is 2.32 bits per heavy atom. The fourth-order valence-electron chi connectivity index (χ4n) is 3.15. The maximum absolute atomic E-state index is 10.4. The van der Waals surface area contributed by atoms with E-state index in [-0.39, 0.29) is 0 Å². The molecule has 0 spiro atoms. The van der Waals surface area contributed by atoms with Gasteiger partial charge in [-0.25, -0.2) is 0 Å². The molecule has 3 N–H and O–H groups in total. The molecule has 0 aliphatic heterocycles.